The Morgan fingerprint density at radius 2 is 2.10 bits per heavy atom. The van der Waals surface area contributed by atoms with Gasteiger partial charge in [-0.2, -0.15) is 26.7 Å². The first kappa shape index (κ1) is 15.6. The Labute approximate surface area is 128 Å². The average Bonchev–Trinajstić information content (AvgIpc) is 2.45. The molecule has 8 heteroatoms. The fourth-order valence-corrected chi connectivity index (χ4v) is 2.64. The first-order valence-electron chi connectivity index (χ1n) is 6.69. The Morgan fingerprint density at radius 1 is 1.35 bits per heavy atom. The van der Waals surface area contributed by atoms with Gasteiger partial charge in [0.15, 0.2) is 0 Å². The minimum atomic E-state index is 0.223. The lowest BCUT2D eigenvalue weighted by atomic mass is 10.3. The van der Waals surface area contributed by atoms with E-state index >= 15 is 0 Å². The highest BCUT2D eigenvalue weighted by Gasteiger charge is 2.16. The Hall–Kier alpha value is -0.790. The van der Waals surface area contributed by atoms with Crippen molar-refractivity contribution in [2.24, 2.45) is 0 Å². The lowest BCUT2D eigenvalue weighted by molar-refractivity contribution is 0.122. The summed E-state index contributed by atoms with van der Waals surface area (Å²) in [6.07, 6.45) is 3.15. The summed E-state index contributed by atoms with van der Waals surface area (Å²) in [5.74, 6) is 2.26. The van der Waals surface area contributed by atoms with Crippen LogP contribution in [0.1, 0.15) is 13.3 Å². The van der Waals surface area contributed by atoms with E-state index in [1.165, 1.54) is 0 Å². The number of halogens is 1. The van der Waals surface area contributed by atoms with Crippen LogP contribution in [0.3, 0.4) is 0 Å². The molecule has 1 aliphatic heterocycles. The highest BCUT2D eigenvalue weighted by Crippen LogP contribution is 2.16. The van der Waals surface area contributed by atoms with Gasteiger partial charge < -0.3 is 15.0 Å². The maximum absolute atomic E-state index is 5.99. The molecule has 1 aromatic heterocycles. The number of anilines is 2. The molecule has 0 aromatic carbocycles. The summed E-state index contributed by atoms with van der Waals surface area (Å²) >= 11 is 7.82. The number of aromatic nitrogens is 3. The van der Waals surface area contributed by atoms with E-state index in [-0.39, 0.29) is 5.28 Å². The number of hydrogen-bond donors (Lipinski definition) is 1. The smallest absolute Gasteiger partial charge is 0.231 e. The zero-order valence-corrected chi connectivity index (χ0v) is 13.4. The van der Waals surface area contributed by atoms with Crippen molar-refractivity contribution in [3.63, 3.8) is 0 Å². The van der Waals surface area contributed by atoms with Gasteiger partial charge in [0.2, 0.25) is 17.2 Å². The van der Waals surface area contributed by atoms with E-state index in [4.69, 9.17) is 16.3 Å². The van der Waals surface area contributed by atoms with Gasteiger partial charge in [-0.25, -0.2) is 0 Å². The average molecular weight is 318 g/mol. The van der Waals surface area contributed by atoms with Crippen molar-refractivity contribution in [3.05, 3.63) is 5.28 Å². The predicted octanol–water partition coefficient (Wildman–Crippen LogP) is 1.92. The highest BCUT2D eigenvalue weighted by atomic mass is 35.5. The van der Waals surface area contributed by atoms with E-state index in [2.05, 4.69) is 38.3 Å². The Kier molecular flexibility index (Phi) is 6.12. The summed E-state index contributed by atoms with van der Waals surface area (Å²) in [6, 6.07) is 0.304. The second kappa shape index (κ2) is 7.85. The van der Waals surface area contributed by atoms with Crippen LogP contribution in [-0.2, 0) is 4.74 Å². The van der Waals surface area contributed by atoms with Crippen molar-refractivity contribution in [2.45, 2.75) is 19.4 Å². The summed E-state index contributed by atoms with van der Waals surface area (Å²) < 4.78 is 5.33. The number of thioether (sulfide) groups is 1. The largest absolute Gasteiger partial charge is 0.378 e. The fourth-order valence-electron chi connectivity index (χ4n) is 1.90. The maximum atomic E-state index is 5.99. The van der Waals surface area contributed by atoms with Gasteiger partial charge >= 0.3 is 0 Å². The molecule has 1 fully saturated rings. The van der Waals surface area contributed by atoms with E-state index in [1.807, 2.05) is 11.8 Å². The number of morpholine rings is 1. The normalized spacial score (nSPS) is 17.1. The molecule has 0 amide bonds. The molecule has 0 radical (unpaired) electrons. The van der Waals surface area contributed by atoms with Crippen molar-refractivity contribution in [1.29, 1.82) is 0 Å². The van der Waals surface area contributed by atoms with Gasteiger partial charge in [-0.15, -0.1) is 0 Å². The first-order valence-corrected chi connectivity index (χ1v) is 8.46. The number of rotatable bonds is 6. The maximum Gasteiger partial charge on any atom is 0.231 e. The molecule has 0 aliphatic carbocycles. The molecule has 20 heavy (non-hydrogen) atoms. The summed E-state index contributed by atoms with van der Waals surface area (Å²) in [4.78, 5) is 14.9. The molecule has 1 unspecified atom stereocenters. The number of nitrogens with zero attached hydrogens (tertiary/aromatic N) is 4. The lowest BCUT2D eigenvalue weighted by Crippen LogP contribution is -2.37. The zero-order chi connectivity index (χ0) is 14.4. The lowest BCUT2D eigenvalue weighted by Gasteiger charge is -2.27. The summed E-state index contributed by atoms with van der Waals surface area (Å²) in [5.41, 5.74) is 0. The summed E-state index contributed by atoms with van der Waals surface area (Å²) in [6.45, 7) is 5.05. The molecule has 0 saturated carbocycles. The van der Waals surface area contributed by atoms with Gasteiger partial charge in [0.25, 0.3) is 0 Å². The van der Waals surface area contributed by atoms with Crippen molar-refractivity contribution >= 4 is 35.3 Å². The molecule has 1 saturated heterocycles. The monoisotopic (exact) mass is 317 g/mol. The number of ether oxygens (including phenoxy) is 1. The van der Waals surface area contributed by atoms with Crippen LogP contribution >= 0.6 is 23.4 Å². The predicted molar refractivity (Wildman–Crippen MR) is 84.0 cm³/mol. The molecule has 6 nitrogen and oxygen atoms in total. The van der Waals surface area contributed by atoms with Crippen LogP contribution in [-0.4, -0.2) is 59.3 Å². The number of nitrogens with one attached hydrogen (secondary N) is 1. The van der Waals surface area contributed by atoms with Crippen molar-refractivity contribution in [3.8, 4) is 0 Å². The van der Waals surface area contributed by atoms with Crippen LogP contribution in [0.5, 0.6) is 0 Å². The first-order chi connectivity index (χ1) is 9.69. The van der Waals surface area contributed by atoms with Crippen molar-refractivity contribution in [2.75, 3.05) is 48.5 Å². The molecule has 2 rings (SSSR count). The molecule has 2 heterocycles. The van der Waals surface area contributed by atoms with Gasteiger partial charge in [-0.1, -0.05) is 0 Å². The van der Waals surface area contributed by atoms with E-state index in [0.29, 0.717) is 31.2 Å². The Morgan fingerprint density at radius 3 is 2.80 bits per heavy atom. The summed E-state index contributed by atoms with van der Waals surface area (Å²) in [7, 11) is 0. The summed E-state index contributed by atoms with van der Waals surface area (Å²) in [5, 5.41) is 3.50. The second-order valence-corrected chi connectivity index (χ2v) is 5.98. The molecular weight excluding hydrogens is 298 g/mol. The highest BCUT2D eigenvalue weighted by molar-refractivity contribution is 7.98. The van der Waals surface area contributed by atoms with Gasteiger partial charge in [-0.05, 0) is 37.0 Å². The van der Waals surface area contributed by atoms with Crippen LogP contribution in [0, 0.1) is 0 Å². The second-order valence-electron chi connectivity index (χ2n) is 4.65. The quantitative estimate of drug-likeness (QED) is 0.860. The van der Waals surface area contributed by atoms with Crippen LogP contribution in [0.15, 0.2) is 0 Å². The van der Waals surface area contributed by atoms with Crippen LogP contribution in [0.25, 0.3) is 0 Å². The Bertz CT molecular complexity index is 430. The fraction of sp³-hybridized carbons (Fsp3) is 0.750. The van der Waals surface area contributed by atoms with Gasteiger partial charge in [-0.3, -0.25) is 0 Å². The molecule has 1 aliphatic rings. The minimum Gasteiger partial charge on any atom is -0.378 e. The zero-order valence-electron chi connectivity index (χ0n) is 11.8. The van der Waals surface area contributed by atoms with Crippen LogP contribution < -0.4 is 10.2 Å². The molecule has 1 aromatic rings. The standard InChI is InChI=1S/C12H20ClN5OS/c1-9(3-8-20-2)14-11-15-10(13)16-12(17-11)18-4-6-19-7-5-18/h9H,3-8H2,1-2H3,(H,14,15,16,17). The van der Waals surface area contributed by atoms with E-state index in [0.717, 1.165) is 25.3 Å². The van der Waals surface area contributed by atoms with Crippen molar-refractivity contribution < 1.29 is 4.74 Å². The SMILES string of the molecule is CSCCC(C)Nc1nc(Cl)nc(N2CCOCC2)n1. The molecule has 0 spiro atoms. The molecule has 1 atom stereocenters. The third kappa shape index (κ3) is 4.64. The van der Waals surface area contributed by atoms with Gasteiger partial charge in [0.05, 0.1) is 13.2 Å². The minimum absolute atomic E-state index is 0.223. The molecular formula is C12H20ClN5OS. The van der Waals surface area contributed by atoms with E-state index in [1.54, 1.807) is 0 Å². The van der Waals surface area contributed by atoms with Gasteiger partial charge in [0.1, 0.15) is 0 Å². The topological polar surface area (TPSA) is 63.2 Å². The van der Waals surface area contributed by atoms with Crippen LogP contribution in [0.2, 0.25) is 5.28 Å². The molecule has 0 bridgehead atoms. The van der Waals surface area contributed by atoms with Crippen molar-refractivity contribution in [1.82, 2.24) is 15.0 Å². The van der Waals surface area contributed by atoms with E-state index in [9.17, 15) is 0 Å². The Balaban J connectivity index is 2.03. The van der Waals surface area contributed by atoms with Gasteiger partial charge in [0, 0.05) is 19.1 Å². The molecule has 112 valence electrons. The third-order valence-electron chi connectivity index (χ3n) is 3.02. The van der Waals surface area contributed by atoms with E-state index < -0.39 is 0 Å². The third-order valence-corrected chi connectivity index (χ3v) is 3.83. The number of hydrogen-bond acceptors (Lipinski definition) is 7. The molecule has 1 N–H and O–H groups in total. The van der Waals surface area contributed by atoms with Crippen LogP contribution in [0.4, 0.5) is 11.9 Å².